The predicted octanol–water partition coefficient (Wildman–Crippen LogP) is 2.07. The lowest BCUT2D eigenvalue weighted by atomic mass is 9.85. The number of amides is 1. The zero-order chi connectivity index (χ0) is 13.5. The summed E-state index contributed by atoms with van der Waals surface area (Å²) in [4.78, 5) is 24.9. The van der Waals surface area contributed by atoms with Crippen LogP contribution in [0.1, 0.15) is 38.5 Å². The van der Waals surface area contributed by atoms with Crippen LogP contribution < -0.4 is 0 Å². The van der Waals surface area contributed by atoms with E-state index in [1.165, 1.54) is 32.1 Å². The van der Waals surface area contributed by atoms with E-state index in [-0.39, 0.29) is 5.91 Å². The summed E-state index contributed by atoms with van der Waals surface area (Å²) >= 11 is 1.87. The first-order valence-corrected chi connectivity index (χ1v) is 8.42. The molecule has 1 aliphatic heterocycles. The second kappa shape index (κ2) is 7.78. The number of rotatable bonds is 5. The van der Waals surface area contributed by atoms with E-state index in [4.69, 9.17) is 4.74 Å². The quantitative estimate of drug-likeness (QED) is 0.726. The van der Waals surface area contributed by atoms with Crippen LogP contribution in [0.25, 0.3) is 0 Å². The second-order valence-electron chi connectivity index (χ2n) is 5.40. The van der Waals surface area contributed by atoms with Gasteiger partial charge >= 0.3 is 0 Å². The molecule has 1 amide bonds. The molecule has 2 aliphatic rings. The van der Waals surface area contributed by atoms with Crippen LogP contribution in [0, 0.1) is 5.92 Å². The van der Waals surface area contributed by atoms with Crippen molar-refractivity contribution in [3.05, 3.63) is 0 Å². The lowest BCUT2D eigenvalue weighted by Gasteiger charge is -2.31. The first kappa shape index (κ1) is 14.7. The molecule has 0 bridgehead atoms. The molecule has 0 aromatic heterocycles. The van der Waals surface area contributed by atoms with Gasteiger partial charge in [0, 0.05) is 24.6 Å². The number of carbonyl (C=O) groups is 2. The molecule has 0 aromatic carbocycles. The fourth-order valence-electron chi connectivity index (χ4n) is 2.99. The lowest BCUT2D eigenvalue weighted by Crippen LogP contribution is -2.45. The molecule has 1 heterocycles. The molecule has 0 aromatic rings. The molecule has 2 fully saturated rings. The van der Waals surface area contributed by atoms with Crippen LogP contribution in [0.3, 0.4) is 0 Å². The summed E-state index contributed by atoms with van der Waals surface area (Å²) in [7, 11) is 0. The molecule has 0 unspecified atom stereocenters. The second-order valence-corrected chi connectivity index (χ2v) is 6.62. The van der Waals surface area contributed by atoms with Gasteiger partial charge in [0.2, 0.25) is 0 Å². The Balaban J connectivity index is 1.89. The zero-order valence-corrected chi connectivity index (χ0v) is 12.2. The number of ether oxygens (including phenoxy) is 1. The molecule has 5 heteroatoms. The summed E-state index contributed by atoms with van der Waals surface area (Å²) in [5, 5.41) is 0. The molecule has 108 valence electrons. The van der Waals surface area contributed by atoms with Gasteiger partial charge in [-0.25, -0.2) is 0 Å². The van der Waals surface area contributed by atoms with E-state index in [1.54, 1.807) is 0 Å². The van der Waals surface area contributed by atoms with Gasteiger partial charge in [0.05, 0.1) is 0 Å². The number of hydrogen-bond acceptors (Lipinski definition) is 4. The molecular weight excluding hydrogens is 262 g/mol. The highest BCUT2D eigenvalue weighted by Gasteiger charge is 2.29. The minimum absolute atomic E-state index is 0.0120. The molecule has 4 nitrogen and oxygen atoms in total. The van der Waals surface area contributed by atoms with Crippen LogP contribution in [0.4, 0.5) is 0 Å². The van der Waals surface area contributed by atoms with Crippen LogP contribution in [0.15, 0.2) is 0 Å². The maximum absolute atomic E-state index is 12.4. The van der Waals surface area contributed by atoms with Crippen molar-refractivity contribution in [1.29, 1.82) is 0 Å². The summed E-state index contributed by atoms with van der Waals surface area (Å²) in [6, 6.07) is 0. The molecule has 19 heavy (non-hydrogen) atoms. The van der Waals surface area contributed by atoms with E-state index in [0.29, 0.717) is 18.8 Å². The molecule has 1 saturated heterocycles. The van der Waals surface area contributed by atoms with Crippen molar-refractivity contribution in [2.24, 2.45) is 5.92 Å². The van der Waals surface area contributed by atoms with Gasteiger partial charge in [0.15, 0.2) is 6.10 Å². The molecule has 0 N–H and O–H groups in total. The van der Waals surface area contributed by atoms with Crippen molar-refractivity contribution in [1.82, 2.24) is 4.90 Å². The van der Waals surface area contributed by atoms with Gasteiger partial charge in [0.1, 0.15) is 0 Å². The normalized spacial score (nSPS) is 22.8. The van der Waals surface area contributed by atoms with E-state index >= 15 is 0 Å². The molecule has 1 aliphatic carbocycles. The third-order valence-electron chi connectivity index (χ3n) is 4.09. The standard InChI is InChI=1S/C14H23NO3S/c16-11-18-13(10-12-4-2-1-3-5-12)14(17)15-6-8-19-9-7-15/h11-13H,1-10H2/t13-/m0/s1. The smallest absolute Gasteiger partial charge is 0.293 e. The largest absolute Gasteiger partial charge is 0.454 e. The van der Waals surface area contributed by atoms with E-state index in [0.717, 1.165) is 24.6 Å². The third-order valence-corrected chi connectivity index (χ3v) is 5.03. The van der Waals surface area contributed by atoms with Crippen molar-refractivity contribution in [2.45, 2.75) is 44.6 Å². The van der Waals surface area contributed by atoms with Crippen molar-refractivity contribution in [2.75, 3.05) is 24.6 Å². The van der Waals surface area contributed by atoms with Crippen LogP contribution >= 0.6 is 11.8 Å². The van der Waals surface area contributed by atoms with Crippen molar-refractivity contribution < 1.29 is 14.3 Å². The Labute approximate surface area is 119 Å². The maximum atomic E-state index is 12.4. The van der Waals surface area contributed by atoms with Crippen LogP contribution in [-0.4, -0.2) is 48.0 Å². The van der Waals surface area contributed by atoms with Crippen molar-refractivity contribution >= 4 is 24.1 Å². The Bertz CT molecular complexity index is 299. The first-order chi connectivity index (χ1) is 9.31. The minimum atomic E-state index is -0.552. The van der Waals surface area contributed by atoms with E-state index in [1.807, 2.05) is 16.7 Å². The van der Waals surface area contributed by atoms with Gasteiger partial charge < -0.3 is 9.64 Å². The maximum Gasteiger partial charge on any atom is 0.293 e. The number of thioether (sulfide) groups is 1. The average Bonchev–Trinajstić information content (AvgIpc) is 2.48. The van der Waals surface area contributed by atoms with Gasteiger partial charge in [-0.1, -0.05) is 32.1 Å². The van der Waals surface area contributed by atoms with Crippen LogP contribution in [-0.2, 0) is 14.3 Å². The zero-order valence-electron chi connectivity index (χ0n) is 11.4. The molecule has 2 rings (SSSR count). The fourth-order valence-corrected chi connectivity index (χ4v) is 3.90. The predicted molar refractivity (Wildman–Crippen MR) is 76.0 cm³/mol. The van der Waals surface area contributed by atoms with Gasteiger partial charge in [-0.05, 0) is 12.3 Å². The molecule has 0 spiro atoms. The number of nitrogens with zero attached hydrogens (tertiary/aromatic N) is 1. The average molecular weight is 285 g/mol. The Kier molecular flexibility index (Phi) is 6.01. The Morgan fingerprint density at radius 1 is 1.26 bits per heavy atom. The van der Waals surface area contributed by atoms with E-state index < -0.39 is 6.10 Å². The number of hydrogen-bond donors (Lipinski definition) is 0. The van der Waals surface area contributed by atoms with Gasteiger partial charge in [-0.15, -0.1) is 0 Å². The van der Waals surface area contributed by atoms with Crippen LogP contribution in [0.5, 0.6) is 0 Å². The number of carbonyl (C=O) groups excluding carboxylic acids is 2. The van der Waals surface area contributed by atoms with Crippen molar-refractivity contribution in [3.63, 3.8) is 0 Å². The topological polar surface area (TPSA) is 46.6 Å². The molecule has 1 atom stereocenters. The molecular formula is C14H23NO3S. The fraction of sp³-hybridized carbons (Fsp3) is 0.857. The lowest BCUT2D eigenvalue weighted by molar-refractivity contribution is -0.152. The third kappa shape index (κ3) is 4.41. The van der Waals surface area contributed by atoms with Crippen molar-refractivity contribution in [3.8, 4) is 0 Å². The SMILES string of the molecule is O=CO[C@@H](CC1CCCCC1)C(=O)N1CCSCC1. The summed E-state index contributed by atoms with van der Waals surface area (Å²) in [6.07, 6.45) is 6.28. The van der Waals surface area contributed by atoms with Crippen LogP contribution in [0.2, 0.25) is 0 Å². The summed E-state index contributed by atoms with van der Waals surface area (Å²) in [5.74, 6) is 2.53. The summed E-state index contributed by atoms with van der Waals surface area (Å²) < 4.78 is 5.08. The van der Waals surface area contributed by atoms with E-state index in [9.17, 15) is 9.59 Å². The van der Waals surface area contributed by atoms with Gasteiger partial charge in [-0.2, -0.15) is 11.8 Å². The molecule has 1 saturated carbocycles. The Morgan fingerprint density at radius 3 is 2.58 bits per heavy atom. The first-order valence-electron chi connectivity index (χ1n) is 7.27. The minimum Gasteiger partial charge on any atom is -0.454 e. The monoisotopic (exact) mass is 285 g/mol. The highest BCUT2D eigenvalue weighted by Crippen LogP contribution is 2.28. The van der Waals surface area contributed by atoms with Gasteiger partial charge in [-0.3, -0.25) is 9.59 Å². The summed E-state index contributed by atoms with van der Waals surface area (Å²) in [5.41, 5.74) is 0. The van der Waals surface area contributed by atoms with E-state index in [2.05, 4.69) is 0 Å². The Hall–Kier alpha value is -0.710. The molecule has 0 radical (unpaired) electrons. The summed E-state index contributed by atoms with van der Waals surface area (Å²) in [6.45, 7) is 2.00. The van der Waals surface area contributed by atoms with Gasteiger partial charge in [0.25, 0.3) is 12.4 Å². The highest BCUT2D eigenvalue weighted by atomic mass is 32.2. The Morgan fingerprint density at radius 2 is 1.95 bits per heavy atom. The highest BCUT2D eigenvalue weighted by molar-refractivity contribution is 7.99.